The van der Waals surface area contributed by atoms with Gasteiger partial charge in [-0.1, -0.05) is 40.3 Å². The third kappa shape index (κ3) is 3.53. The van der Waals surface area contributed by atoms with Gasteiger partial charge in [0, 0.05) is 4.47 Å². The van der Waals surface area contributed by atoms with Gasteiger partial charge in [0.25, 0.3) is 0 Å². The van der Waals surface area contributed by atoms with Crippen LogP contribution in [0.2, 0.25) is 0 Å². The summed E-state index contributed by atoms with van der Waals surface area (Å²) < 4.78 is 0.981. The Bertz CT molecular complexity index is 474. The Balaban J connectivity index is 2.80. The summed E-state index contributed by atoms with van der Waals surface area (Å²) in [5.41, 5.74) is 5.76. The first kappa shape index (κ1) is 15.1. The lowest BCUT2D eigenvalue weighted by Crippen LogP contribution is -2.45. The number of nitrogens with two attached hydrogens (primary N) is 1. The quantitative estimate of drug-likeness (QED) is 0.835. The van der Waals surface area contributed by atoms with Gasteiger partial charge in [0.1, 0.15) is 0 Å². The number of carbonyl (C=O) groups excluding carboxylic acids is 1. The van der Waals surface area contributed by atoms with Gasteiger partial charge in [-0.05, 0) is 38.5 Å². The third-order valence-electron chi connectivity index (χ3n) is 2.88. The Labute approximate surface area is 121 Å². The van der Waals surface area contributed by atoms with Gasteiger partial charge in [0.2, 0.25) is 5.91 Å². The fraction of sp³-hybridized carbons (Fsp3) is 0.385. The molecule has 18 heavy (non-hydrogen) atoms. The molecule has 3 nitrogen and oxygen atoms in total. The molecule has 0 saturated carbocycles. The Morgan fingerprint density at radius 2 is 2.11 bits per heavy atom. The number of hydrogen-bond donors (Lipinski definition) is 2. The zero-order chi connectivity index (χ0) is 13.9. The minimum absolute atomic E-state index is 0.0939. The molecule has 0 aliphatic rings. The van der Waals surface area contributed by atoms with Gasteiger partial charge in [-0.25, -0.2) is 0 Å². The van der Waals surface area contributed by atoms with Gasteiger partial charge in [0.15, 0.2) is 0 Å². The highest BCUT2D eigenvalue weighted by Gasteiger charge is 2.31. The first-order chi connectivity index (χ1) is 8.25. The summed E-state index contributed by atoms with van der Waals surface area (Å²) in [4.78, 5) is 12.3. The maximum absolute atomic E-state index is 12.1. The Kier molecular flexibility index (Phi) is 4.87. The second-order valence-corrected chi connectivity index (χ2v) is 6.09. The second-order valence-electron chi connectivity index (χ2n) is 4.74. The third-order valence-corrected chi connectivity index (χ3v) is 3.88. The van der Waals surface area contributed by atoms with Crippen LogP contribution in [-0.4, -0.2) is 10.9 Å². The summed E-state index contributed by atoms with van der Waals surface area (Å²) in [7, 11) is 0. The van der Waals surface area contributed by atoms with Crippen molar-refractivity contribution < 1.29 is 4.79 Å². The molecule has 1 unspecified atom stereocenters. The maximum Gasteiger partial charge on any atom is 0.232 e. The van der Waals surface area contributed by atoms with E-state index in [0.717, 1.165) is 10.0 Å². The van der Waals surface area contributed by atoms with E-state index in [0.29, 0.717) is 0 Å². The summed E-state index contributed by atoms with van der Waals surface area (Å²) in [6.07, 6.45) is 0. The minimum atomic E-state index is -0.838. The molecule has 0 radical (unpaired) electrons. The van der Waals surface area contributed by atoms with Crippen molar-refractivity contribution in [1.82, 2.24) is 5.32 Å². The van der Waals surface area contributed by atoms with Crippen LogP contribution in [0.5, 0.6) is 0 Å². The summed E-state index contributed by atoms with van der Waals surface area (Å²) in [6.45, 7) is 5.37. The van der Waals surface area contributed by atoms with Crippen molar-refractivity contribution >= 4 is 39.0 Å². The maximum atomic E-state index is 12.1. The molecule has 0 spiro atoms. The summed E-state index contributed by atoms with van der Waals surface area (Å²) in [6, 6.07) is 7.71. The van der Waals surface area contributed by atoms with Crippen LogP contribution in [-0.2, 0) is 4.79 Å². The lowest BCUT2D eigenvalue weighted by atomic mass is 9.91. The van der Waals surface area contributed by atoms with E-state index in [1.807, 2.05) is 31.2 Å². The molecule has 1 rings (SSSR count). The number of carbonyl (C=O) groups is 1. The lowest BCUT2D eigenvalue weighted by molar-refractivity contribution is -0.126. The van der Waals surface area contributed by atoms with Crippen LogP contribution >= 0.6 is 28.1 Å². The molecule has 0 bridgehead atoms. The molecule has 1 amide bonds. The molecule has 0 aromatic heterocycles. The molecule has 1 aromatic carbocycles. The Hall–Kier alpha value is -0.940. The number of nitrogens with one attached hydrogen (secondary N) is 1. The van der Waals surface area contributed by atoms with E-state index >= 15 is 0 Å². The van der Waals surface area contributed by atoms with Gasteiger partial charge in [-0.2, -0.15) is 0 Å². The van der Waals surface area contributed by atoms with Crippen LogP contribution < -0.4 is 11.1 Å². The molecular weight excluding hydrogens is 312 g/mol. The van der Waals surface area contributed by atoms with E-state index in [9.17, 15) is 4.79 Å². The van der Waals surface area contributed by atoms with Crippen LogP contribution in [0, 0.1) is 5.41 Å². The summed E-state index contributed by atoms with van der Waals surface area (Å²) >= 11 is 8.31. The molecule has 0 heterocycles. The first-order valence-corrected chi connectivity index (χ1v) is 6.81. The van der Waals surface area contributed by atoms with E-state index in [1.165, 1.54) is 0 Å². The SMILES string of the molecule is CC(NC(=O)C(C)(C)C(N)=S)c1cccc(Br)c1. The lowest BCUT2D eigenvalue weighted by Gasteiger charge is -2.25. The average molecular weight is 329 g/mol. The minimum Gasteiger partial charge on any atom is -0.392 e. The highest BCUT2D eigenvalue weighted by Crippen LogP contribution is 2.21. The number of rotatable bonds is 4. The molecule has 3 N–H and O–H groups in total. The second kappa shape index (κ2) is 5.80. The highest BCUT2D eigenvalue weighted by atomic mass is 79.9. The van der Waals surface area contributed by atoms with Gasteiger partial charge in [-0.3, -0.25) is 4.79 Å². The Morgan fingerprint density at radius 3 is 2.61 bits per heavy atom. The fourth-order valence-corrected chi connectivity index (χ4v) is 1.86. The van der Waals surface area contributed by atoms with Crippen LogP contribution in [0.25, 0.3) is 0 Å². The van der Waals surface area contributed by atoms with Gasteiger partial charge in [0.05, 0.1) is 16.4 Å². The average Bonchev–Trinajstić information content (AvgIpc) is 2.28. The highest BCUT2D eigenvalue weighted by molar-refractivity contribution is 9.10. The Morgan fingerprint density at radius 1 is 1.50 bits per heavy atom. The normalized spacial score (nSPS) is 12.9. The van der Waals surface area contributed by atoms with Crippen LogP contribution in [0.1, 0.15) is 32.4 Å². The van der Waals surface area contributed by atoms with Crippen molar-refractivity contribution in [2.45, 2.75) is 26.8 Å². The van der Waals surface area contributed by atoms with Crippen LogP contribution in [0.3, 0.4) is 0 Å². The monoisotopic (exact) mass is 328 g/mol. The van der Waals surface area contributed by atoms with Crippen molar-refractivity contribution in [3.8, 4) is 0 Å². The number of hydrogen-bond acceptors (Lipinski definition) is 2. The largest absolute Gasteiger partial charge is 0.392 e. The molecule has 1 atom stereocenters. The number of benzene rings is 1. The number of halogens is 1. The zero-order valence-electron chi connectivity index (χ0n) is 10.7. The van der Waals surface area contributed by atoms with Crippen molar-refractivity contribution in [2.75, 3.05) is 0 Å². The fourth-order valence-electron chi connectivity index (χ4n) is 1.35. The van der Waals surface area contributed by atoms with E-state index in [4.69, 9.17) is 18.0 Å². The van der Waals surface area contributed by atoms with E-state index in [2.05, 4.69) is 21.2 Å². The van der Waals surface area contributed by atoms with Crippen molar-refractivity contribution in [2.24, 2.45) is 11.1 Å². The predicted molar refractivity (Wildman–Crippen MR) is 81.3 cm³/mol. The molecular formula is C13H17BrN2OS. The molecule has 0 aliphatic carbocycles. The first-order valence-electron chi connectivity index (χ1n) is 5.61. The number of thiocarbonyl (C=S) groups is 1. The van der Waals surface area contributed by atoms with E-state index < -0.39 is 5.41 Å². The van der Waals surface area contributed by atoms with Crippen molar-refractivity contribution in [3.05, 3.63) is 34.3 Å². The molecule has 0 fully saturated rings. The van der Waals surface area contributed by atoms with Crippen molar-refractivity contribution in [1.29, 1.82) is 0 Å². The molecule has 5 heteroatoms. The standard InChI is InChI=1S/C13H17BrN2OS/c1-8(9-5-4-6-10(14)7-9)16-12(17)13(2,3)11(15)18/h4-8H,1-3H3,(H2,15,18)(H,16,17). The van der Waals surface area contributed by atoms with Crippen LogP contribution in [0.4, 0.5) is 0 Å². The topological polar surface area (TPSA) is 55.1 Å². The van der Waals surface area contributed by atoms with Gasteiger partial charge in [-0.15, -0.1) is 0 Å². The summed E-state index contributed by atoms with van der Waals surface area (Å²) in [5.74, 6) is -0.164. The molecule has 98 valence electrons. The van der Waals surface area contributed by atoms with Crippen LogP contribution in [0.15, 0.2) is 28.7 Å². The van der Waals surface area contributed by atoms with Crippen molar-refractivity contribution in [3.63, 3.8) is 0 Å². The number of amides is 1. The van der Waals surface area contributed by atoms with E-state index in [1.54, 1.807) is 13.8 Å². The molecule has 0 saturated heterocycles. The van der Waals surface area contributed by atoms with Gasteiger partial charge >= 0.3 is 0 Å². The molecule has 1 aromatic rings. The predicted octanol–water partition coefficient (Wildman–Crippen LogP) is 2.94. The smallest absolute Gasteiger partial charge is 0.232 e. The summed E-state index contributed by atoms with van der Waals surface area (Å²) in [5, 5.41) is 2.92. The van der Waals surface area contributed by atoms with E-state index in [-0.39, 0.29) is 16.9 Å². The molecule has 0 aliphatic heterocycles. The van der Waals surface area contributed by atoms with Gasteiger partial charge < -0.3 is 11.1 Å². The zero-order valence-corrected chi connectivity index (χ0v) is 13.1.